The van der Waals surface area contributed by atoms with Crippen molar-refractivity contribution in [2.45, 2.75) is 50.2 Å². The van der Waals surface area contributed by atoms with Gasteiger partial charge in [-0.05, 0) is 36.5 Å². The van der Waals surface area contributed by atoms with Gasteiger partial charge in [0.2, 0.25) is 5.91 Å². The van der Waals surface area contributed by atoms with Crippen molar-refractivity contribution >= 4 is 17.5 Å². The van der Waals surface area contributed by atoms with Crippen molar-refractivity contribution in [3.8, 4) is 0 Å². The number of fused-ring (bicyclic) bond motifs is 3. The van der Waals surface area contributed by atoms with Crippen LogP contribution in [0.1, 0.15) is 65.9 Å². The number of carbonyl (C=O) groups is 2. The number of rotatable bonds is 4. The second kappa shape index (κ2) is 9.45. The second-order valence-electron chi connectivity index (χ2n) is 10.4. The van der Waals surface area contributed by atoms with Crippen LogP contribution >= 0.6 is 0 Å². The van der Waals surface area contributed by atoms with E-state index in [1.165, 1.54) is 11.1 Å². The molecule has 2 aliphatic heterocycles. The third kappa shape index (κ3) is 3.96. The van der Waals surface area contributed by atoms with Gasteiger partial charge in [0.1, 0.15) is 0 Å². The Morgan fingerprint density at radius 3 is 2.58 bits per heavy atom. The number of nitrogens with zero attached hydrogens (tertiary/aromatic N) is 3. The molecule has 2 amide bonds. The van der Waals surface area contributed by atoms with Crippen LogP contribution in [0.15, 0.2) is 67.0 Å². The average Bonchev–Trinajstić information content (AvgIpc) is 3.55. The van der Waals surface area contributed by atoms with Crippen molar-refractivity contribution in [3.63, 3.8) is 0 Å². The molecule has 1 saturated carbocycles. The summed E-state index contributed by atoms with van der Waals surface area (Å²) in [5.41, 5.74) is 3.56. The van der Waals surface area contributed by atoms with Gasteiger partial charge in [0.15, 0.2) is 5.82 Å². The van der Waals surface area contributed by atoms with E-state index in [-0.39, 0.29) is 35.9 Å². The lowest BCUT2D eigenvalue weighted by atomic mass is 9.79. The molecule has 0 unspecified atom stereocenters. The predicted molar refractivity (Wildman–Crippen MR) is 138 cm³/mol. The topological polar surface area (TPSA) is 79.3 Å². The number of amides is 2. The second-order valence-corrected chi connectivity index (χ2v) is 10.4. The molecule has 36 heavy (non-hydrogen) atoms. The van der Waals surface area contributed by atoms with E-state index in [2.05, 4.69) is 69.0 Å². The molecule has 7 nitrogen and oxygen atoms in total. The van der Waals surface area contributed by atoms with E-state index < -0.39 is 0 Å². The van der Waals surface area contributed by atoms with Gasteiger partial charge in [-0.2, -0.15) is 0 Å². The summed E-state index contributed by atoms with van der Waals surface area (Å²) in [6.45, 7) is 0.740. The van der Waals surface area contributed by atoms with Gasteiger partial charge in [-0.15, -0.1) is 0 Å². The summed E-state index contributed by atoms with van der Waals surface area (Å²) in [4.78, 5) is 33.4. The van der Waals surface area contributed by atoms with Crippen molar-refractivity contribution < 1.29 is 9.59 Å². The Morgan fingerprint density at radius 1 is 1.00 bits per heavy atom. The summed E-state index contributed by atoms with van der Waals surface area (Å²) in [6.07, 6.45) is 8.00. The number of benzene rings is 2. The van der Waals surface area contributed by atoms with E-state index in [1.54, 1.807) is 17.0 Å². The number of carbonyl (C=O) groups excluding carboxylic acids is 2. The van der Waals surface area contributed by atoms with Gasteiger partial charge in [0.25, 0.3) is 5.91 Å². The lowest BCUT2D eigenvalue weighted by molar-refractivity contribution is -0.138. The maximum Gasteiger partial charge on any atom is 0.287 e. The van der Waals surface area contributed by atoms with Crippen LogP contribution in [0.2, 0.25) is 0 Å². The maximum absolute atomic E-state index is 14.2. The molecule has 1 aliphatic carbocycles. The Balaban J connectivity index is 1.28. The minimum atomic E-state index is -0.209. The summed E-state index contributed by atoms with van der Waals surface area (Å²) in [7, 11) is 1.81. The molecule has 5 atom stereocenters. The Labute approximate surface area is 211 Å². The first kappa shape index (κ1) is 22.8. The van der Waals surface area contributed by atoms with Crippen molar-refractivity contribution in [3.05, 3.63) is 83.9 Å². The van der Waals surface area contributed by atoms with Crippen molar-refractivity contribution in [1.82, 2.24) is 19.8 Å². The average molecular weight is 484 g/mol. The number of hydrogen-bond donors (Lipinski definition) is 2. The summed E-state index contributed by atoms with van der Waals surface area (Å²) in [5.74, 6) is 0.444. The highest BCUT2D eigenvalue weighted by Crippen LogP contribution is 2.51. The van der Waals surface area contributed by atoms with Crippen LogP contribution in [0, 0.1) is 11.8 Å². The molecule has 2 N–H and O–H groups in total. The zero-order valence-electron chi connectivity index (χ0n) is 20.6. The standard InChI is InChI=1S/C29H33N5O2/c1-33-18-16-30-27(33)28(35)32-24-14-8-6-12-21(24)29(36)34-17-15-22-25(19-9-3-2-4-10-19)31-23-13-7-5-11-20(23)26(22)34/h2-5,7,9-11,13,16,18,21-22,24-26,31H,6,8,12,14-15,17H2,1H3,(H,32,35)/t21-,22-,24+,25-,26-/m0/s1. The summed E-state index contributed by atoms with van der Waals surface area (Å²) in [6, 6.07) is 19.0. The quantitative estimate of drug-likeness (QED) is 0.574. The Kier molecular flexibility index (Phi) is 5.99. The van der Waals surface area contributed by atoms with Gasteiger partial charge in [-0.3, -0.25) is 9.59 Å². The lowest BCUT2D eigenvalue weighted by Gasteiger charge is -2.42. The largest absolute Gasteiger partial charge is 0.378 e. The molecule has 6 rings (SSSR count). The van der Waals surface area contributed by atoms with Crippen molar-refractivity contribution in [2.75, 3.05) is 11.9 Å². The molecular formula is C29H33N5O2. The first-order valence-corrected chi connectivity index (χ1v) is 13.1. The van der Waals surface area contributed by atoms with Gasteiger partial charge < -0.3 is 20.1 Å². The molecule has 3 heterocycles. The third-order valence-electron chi connectivity index (χ3n) is 8.33. The van der Waals surface area contributed by atoms with E-state index in [9.17, 15) is 9.59 Å². The van der Waals surface area contributed by atoms with Crippen molar-refractivity contribution in [1.29, 1.82) is 0 Å². The first-order valence-electron chi connectivity index (χ1n) is 13.1. The molecule has 7 heteroatoms. The summed E-state index contributed by atoms with van der Waals surface area (Å²) < 4.78 is 1.72. The van der Waals surface area contributed by atoms with Gasteiger partial charge in [0, 0.05) is 43.6 Å². The fraction of sp³-hybridized carbons (Fsp3) is 0.414. The molecule has 0 spiro atoms. The Hall–Kier alpha value is -3.61. The SMILES string of the molecule is Cn1ccnc1C(=O)N[C@@H]1CCCC[C@@H]1C(=O)N1CC[C@H]2[C@H](c3ccccc3)Nc3ccccc3[C@@H]21. The van der Waals surface area contributed by atoms with E-state index in [0.717, 1.165) is 44.3 Å². The van der Waals surface area contributed by atoms with Crippen LogP contribution in [0.4, 0.5) is 5.69 Å². The highest BCUT2D eigenvalue weighted by atomic mass is 16.2. The number of para-hydroxylation sites is 1. The van der Waals surface area contributed by atoms with Crippen LogP contribution in [0.3, 0.4) is 0 Å². The highest BCUT2D eigenvalue weighted by Gasteiger charge is 2.48. The van der Waals surface area contributed by atoms with Crippen molar-refractivity contribution in [2.24, 2.45) is 18.9 Å². The Morgan fingerprint density at radius 2 is 1.78 bits per heavy atom. The van der Waals surface area contributed by atoms with E-state index in [0.29, 0.717) is 11.7 Å². The van der Waals surface area contributed by atoms with Gasteiger partial charge in [-0.1, -0.05) is 61.4 Å². The van der Waals surface area contributed by atoms with Crippen LogP contribution in [0.25, 0.3) is 0 Å². The van der Waals surface area contributed by atoms with Gasteiger partial charge in [-0.25, -0.2) is 4.98 Å². The fourth-order valence-corrected chi connectivity index (χ4v) is 6.59. The number of nitrogens with one attached hydrogen (secondary N) is 2. The molecule has 1 saturated heterocycles. The van der Waals surface area contributed by atoms with E-state index in [4.69, 9.17) is 0 Å². The van der Waals surface area contributed by atoms with Gasteiger partial charge in [0.05, 0.1) is 18.0 Å². The molecule has 3 aromatic rings. The Bertz CT molecular complexity index is 1260. The monoisotopic (exact) mass is 483 g/mol. The number of aromatic nitrogens is 2. The predicted octanol–water partition coefficient (Wildman–Crippen LogP) is 4.47. The van der Waals surface area contributed by atoms with Crippen LogP contribution in [0.5, 0.6) is 0 Å². The number of hydrogen-bond acceptors (Lipinski definition) is 4. The van der Waals surface area contributed by atoms with Crippen LogP contribution < -0.4 is 10.6 Å². The lowest BCUT2D eigenvalue weighted by Crippen LogP contribution is -2.50. The zero-order valence-corrected chi connectivity index (χ0v) is 20.6. The molecule has 2 aromatic carbocycles. The molecule has 0 bridgehead atoms. The smallest absolute Gasteiger partial charge is 0.287 e. The first-order chi connectivity index (χ1) is 17.6. The van der Waals surface area contributed by atoms with E-state index in [1.807, 2.05) is 13.1 Å². The third-order valence-corrected chi connectivity index (χ3v) is 8.33. The van der Waals surface area contributed by atoms with Crippen LogP contribution in [-0.2, 0) is 11.8 Å². The minimum absolute atomic E-state index is 0.0352. The number of anilines is 1. The molecule has 186 valence electrons. The number of aryl methyl sites for hydroxylation is 1. The summed E-state index contributed by atoms with van der Waals surface area (Å²) >= 11 is 0. The normalized spacial score (nSPS) is 27.0. The molecule has 2 fully saturated rings. The molecular weight excluding hydrogens is 450 g/mol. The molecule has 1 aromatic heterocycles. The number of likely N-dealkylation sites (tertiary alicyclic amines) is 1. The highest BCUT2D eigenvalue weighted by molar-refractivity contribution is 5.91. The minimum Gasteiger partial charge on any atom is -0.378 e. The zero-order chi connectivity index (χ0) is 24.6. The molecule has 0 radical (unpaired) electrons. The fourth-order valence-electron chi connectivity index (χ4n) is 6.59. The summed E-state index contributed by atoms with van der Waals surface area (Å²) in [5, 5.41) is 6.94. The van der Waals surface area contributed by atoms with E-state index >= 15 is 0 Å². The number of imidazole rings is 1. The molecule has 3 aliphatic rings. The van der Waals surface area contributed by atoms with Gasteiger partial charge >= 0.3 is 0 Å². The van der Waals surface area contributed by atoms with Crippen LogP contribution in [-0.4, -0.2) is 38.9 Å². The maximum atomic E-state index is 14.2.